The van der Waals surface area contributed by atoms with E-state index in [0.717, 1.165) is 5.69 Å². The summed E-state index contributed by atoms with van der Waals surface area (Å²) in [5, 5.41) is 4.11. The minimum absolute atomic E-state index is 1.04. The van der Waals surface area contributed by atoms with Gasteiger partial charge in [-0.25, -0.2) is 0 Å². The van der Waals surface area contributed by atoms with Crippen molar-refractivity contribution >= 4 is 11.4 Å². The van der Waals surface area contributed by atoms with Crippen LogP contribution >= 0.6 is 0 Å². The summed E-state index contributed by atoms with van der Waals surface area (Å²) in [6.45, 7) is 2.10. The summed E-state index contributed by atoms with van der Waals surface area (Å²) in [7, 11) is 5.90. The highest BCUT2D eigenvalue weighted by Crippen LogP contribution is 2.24. The fraction of sp³-hybridized carbons (Fsp3) is 0.400. The van der Waals surface area contributed by atoms with Gasteiger partial charge in [0.2, 0.25) is 0 Å². The number of benzene rings is 1. The lowest BCUT2D eigenvalue weighted by molar-refractivity contribution is 1.11. The molecule has 0 fully saturated rings. The molecule has 0 N–H and O–H groups in total. The molecule has 0 heterocycles. The Morgan fingerprint density at radius 3 is 2.33 bits per heavy atom. The van der Waals surface area contributed by atoms with Gasteiger partial charge in [-0.2, -0.15) is 0 Å². The van der Waals surface area contributed by atoms with Crippen molar-refractivity contribution in [1.29, 1.82) is 0 Å². The second-order valence-corrected chi connectivity index (χ2v) is 3.09. The van der Waals surface area contributed by atoms with E-state index in [2.05, 4.69) is 29.3 Å². The van der Waals surface area contributed by atoms with Gasteiger partial charge in [-0.1, -0.05) is 12.1 Å². The first-order chi connectivity index (χ1) is 5.65. The number of hydrogen-bond donors (Lipinski definition) is 0. The topological polar surface area (TPSA) is 17.3 Å². The fourth-order valence-corrected chi connectivity index (χ4v) is 1.28. The van der Waals surface area contributed by atoms with Crippen LogP contribution in [0.25, 0.3) is 5.32 Å². The Morgan fingerprint density at radius 1 is 1.25 bits per heavy atom. The minimum atomic E-state index is 1.04. The Bertz CT molecular complexity index is 267. The summed E-state index contributed by atoms with van der Waals surface area (Å²) < 4.78 is 0. The lowest BCUT2D eigenvalue weighted by Gasteiger charge is -2.20. The summed E-state index contributed by atoms with van der Waals surface area (Å²) in [6.07, 6.45) is 0. The van der Waals surface area contributed by atoms with Crippen LogP contribution in [-0.2, 0) is 0 Å². The maximum absolute atomic E-state index is 4.11. The molecular formula is C10H15N2-. The standard InChI is InChI=1S/C10H15N2/c1-8-7-9(11-2)5-6-10(8)12(3)4/h5-7H,1-4H3/q-1. The van der Waals surface area contributed by atoms with Crippen molar-refractivity contribution in [2.45, 2.75) is 6.92 Å². The first-order valence-electron chi connectivity index (χ1n) is 4.03. The van der Waals surface area contributed by atoms with Gasteiger partial charge in [0.25, 0.3) is 0 Å². The molecule has 0 aliphatic heterocycles. The summed E-state index contributed by atoms with van der Waals surface area (Å²) in [5.41, 5.74) is 3.56. The molecule has 0 aliphatic carbocycles. The van der Waals surface area contributed by atoms with Crippen molar-refractivity contribution in [2.24, 2.45) is 0 Å². The van der Waals surface area contributed by atoms with Gasteiger partial charge in [-0.05, 0) is 18.6 Å². The molecule has 0 spiro atoms. The predicted molar refractivity (Wildman–Crippen MR) is 54.4 cm³/mol. The third-order valence-electron chi connectivity index (χ3n) is 1.92. The van der Waals surface area contributed by atoms with E-state index < -0.39 is 0 Å². The van der Waals surface area contributed by atoms with E-state index in [1.807, 2.05) is 27.2 Å². The lowest BCUT2D eigenvalue weighted by Crippen LogP contribution is -2.09. The van der Waals surface area contributed by atoms with E-state index in [-0.39, 0.29) is 0 Å². The molecule has 0 saturated carbocycles. The minimum Gasteiger partial charge on any atom is -0.687 e. The van der Waals surface area contributed by atoms with E-state index >= 15 is 0 Å². The van der Waals surface area contributed by atoms with Crippen LogP contribution in [0.1, 0.15) is 5.56 Å². The molecule has 0 bridgehead atoms. The molecule has 2 nitrogen and oxygen atoms in total. The summed E-state index contributed by atoms with van der Waals surface area (Å²) in [6, 6.07) is 6.22. The maximum Gasteiger partial charge on any atom is 0.0389 e. The van der Waals surface area contributed by atoms with Gasteiger partial charge in [-0.3, -0.25) is 0 Å². The number of rotatable bonds is 2. The molecular weight excluding hydrogens is 148 g/mol. The first kappa shape index (κ1) is 8.91. The van der Waals surface area contributed by atoms with Crippen molar-refractivity contribution in [3.05, 3.63) is 29.1 Å². The van der Waals surface area contributed by atoms with Gasteiger partial charge >= 0.3 is 0 Å². The Balaban J connectivity index is 3.03. The molecule has 1 aromatic rings. The van der Waals surface area contributed by atoms with Gasteiger partial charge < -0.3 is 10.2 Å². The normalized spacial score (nSPS) is 9.67. The van der Waals surface area contributed by atoms with Crippen LogP contribution in [0, 0.1) is 6.92 Å². The Labute approximate surface area is 74.2 Å². The molecule has 0 radical (unpaired) electrons. The van der Waals surface area contributed by atoms with Gasteiger partial charge in [0.05, 0.1) is 0 Å². The second kappa shape index (κ2) is 3.48. The number of nitrogens with zero attached hydrogens (tertiary/aromatic N) is 2. The van der Waals surface area contributed by atoms with Gasteiger partial charge in [-0.15, -0.1) is 12.7 Å². The van der Waals surface area contributed by atoms with Crippen molar-refractivity contribution in [3.63, 3.8) is 0 Å². The fourth-order valence-electron chi connectivity index (χ4n) is 1.28. The van der Waals surface area contributed by atoms with Crippen LogP contribution < -0.4 is 4.90 Å². The van der Waals surface area contributed by atoms with E-state index in [4.69, 9.17) is 0 Å². The average Bonchev–Trinajstić information content (AvgIpc) is 2.03. The highest BCUT2D eigenvalue weighted by Gasteiger charge is 1.97. The lowest BCUT2D eigenvalue weighted by atomic mass is 10.1. The van der Waals surface area contributed by atoms with Crippen molar-refractivity contribution in [3.8, 4) is 0 Å². The summed E-state index contributed by atoms with van der Waals surface area (Å²) in [5.74, 6) is 0. The van der Waals surface area contributed by atoms with Gasteiger partial charge in [0, 0.05) is 19.8 Å². The first-order valence-corrected chi connectivity index (χ1v) is 4.03. The van der Waals surface area contributed by atoms with E-state index in [9.17, 15) is 0 Å². The molecule has 0 saturated heterocycles. The summed E-state index contributed by atoms with van der Waals surface area (Å²) >= 11 is 0. The van der Waals surface area contributed by atoms with Crippen LogP contribution in [-0.4, -0.2) is 21.1 Å². The van der Waals surface area contributed by atoms with Crippen molar-refractivity contribution < 1.29 is 0 Å². The smallest absolute Gasteiger partial charge is 0.0389 e. The molecule has 1 aromatic carbocycles. The molecule has 66 valence electrons. The molecule has 0 aliphatic rings. The SMILES string of the molecule is C[N-]c1ccc(N(C)C)c(C)c1. The monoisotopic (exact) mass is 163 g/mol. The zero-order valence-corrected chi connectivity index (χ0v) is 8.13. The Hall–Kier alpha value is -1.18. The molecule has 0 amide bonds. The van der Waals surface area contributed by atoms with Crippen LogP contribution in [0.3, 0.4) is 0 Å². The van der Waals surface area contributed by atoms with Crippen LogP contribution in [0.2, 0.25) is 0 Å². The summed E-state index contributed by atoms with van der Waals surface area (Å²) in [4.78, 5) is 2.11. The molecule has 0 atom stereocenters. The maximum atomic E-state index is 4.11. The van der Waals surface area contributed by atoms with Crippen molar-refractivity contribution in [1.82, 2.24) is 0 Å². The van der Waals surface area contributed by atoms with E-state index in [1.165, 1.54) is 11.3 Å². The number of aryl methyl sites for hydroxylation is 1. The quantitative estimate of drug-likeness (QED) is 0.655. The Morgan fingerprint density at radius 2 is 1.92 bits per heavy atom. The van der Waals surface area contributed by atoms with E-state index in [0.29, 0.717) is 0 Å². The average molecular weight is 163 g/mol. The third kappa shape index (κ3) is 1.70. The third-order valence-corrected chi connectivity index (χ3v) is 1.92. The largest absolute Gasteiger partial charge is 0.687 e. The molecule has 12 heavy (non-hydrogen) atoms. The highest BCUT2D eigenvalue weighted by atomic mass is 15.1. The number of hydrogen-bond acceptors (Lipinski definition) is 1. The van der Waals surface area contributed by atoms with Gasteiger partial charge in [0.1, 0.15) is 0 Å². The zero-order chi connectivity index (χ0) is 9.14. The predicted octanol–water partition coefficient (Wildman–Crippen LogP) is 2.70. The molecule has 1 rings (SSSR count). The zero-order valence-electron chi connectivity index (χ0n) is 8.13. The second-order valence-electron chi connectivity index (χ2n) is 3.09. The van der Waals surface area contributed by atoms with Crippen LogP contribution in [0.5, 0.6) is 0 Å². The molecule has 0 unspecified atom stereocenters. The molecule has 0 aromatic heterocycles. The molecule has 2 heteroatoms. The van der Waals surface area contributed by atoms with E-state index in [1.54, 1.807) is 0 Å². The van der Waals surface area contributed by atoms with Crippen molar-refractivity contribution in [2.75, 3.05) is 26.0 Å². The highest BCUT2D eigenvalue weighted by molar-refractivity contribution is 5.61. The van der Waals surface area contributed by atoms with Gasteiger partial charge in [0.15, 0.2) is 0 Å². The van der Waals surface area contributed by atoms with Crippen LogP contribution in [0.4, 0.5) is 11.4 Å². The Kier molecular flexibility index (Phi) is 2.58. The number of anilines is 1. The van der Waals surface area contributed by atoms with Crippen LogP contribution in [0.15, 0.2) is 18.2 Å².